The van der Waals surface area contributed by atoms with Crippen molar-refractivity contribution in [3.05, 3.63) is 48.3 Å². The lowest BCUT2D eigenvalue weighted by atomic mass is 10.2. The van der Waals surface area contributed by atoms with Crippen molar-refractivity contribution >= 4 is 18.3 Å². The predicted octanol–water partition coefficient (Wildman–Crippen LogP) is 1.86. The number of benzene rings is 1. The number of nitrogens with zero attached hydrogens (tertiary/aromatic N) is 3. The highest BCUT2D eigenvalue weighted by Gasteiger charge is 2.29. The van der Waals surface area contributed by atoms with Gasteiger partial charge < -0.3 is 10.6 Å². The predicted molar refractivity (Wildman–Crippen MR) is 83.9 cm³/mol. The summed E-state index contributed by atoms with van der Waals surface area (Å²) in [4.78, 5) is 14.3. The van der Waals surface area contributed by atoms with Crippen molar-refractivity contribution in [1.29, 1.82) is 0 Å². The molecule has 1 aromatic heterocycles. The number of carbonyl (C=O) groups excluding carboxylic acids is 1. The van der Waals surface area contributed by atoms with Gasteiger partial charge in [-0.3, -0.25) is 4.79 Å². The molecule has 21 heavy (non-hydrogen) atoms. The molecule has 112 valence electrons. The van der Waals surface area contributed by atoms with Crippen LogP contribution in [0.25, 0.3) is 5.69 Å². The Morgan fingerprint density at radius 2 is 2.05 bits per heavy atom. The summed E-state index contributed by atoms with van der Waals surface area (Å²) in [6.07, 6.45) is 3.82. The third kappa shape index (κ3) is 3.09. The Morgan fingerprint density at radius 1 is 1.29 bits per heavy atom. The molecule has 2 heterocycles. The first kappa shape index (κ1) is 15.5. The molecule has 1 atom stereocenters. The van der Waals surface area contributed by atoms with Crippen LogP contribution < -0.4 is 5.73 Å². The lowest BCUT2D eigenvalue weighted by molar-refractivity contribution is 0.0735. The maximum atomic E-state index is 12.5. The highest BCUT2D eigenvalue weighted by atomic mass is 35.5. The molecule has 2 aromatic rings. The Labute approximate surface area is 130 Å². The van der Waals surface area contributed by atoms with E-state index >= 15 is 0 Å². The summed E-state index contributed by atoms with van der Waals surface area (Å²) in [5.41, 5.74) is 7.15. The number of likely N-dealkylation sites (tertiary alicyclic amines) is 1. The molecule has 0 spiro atoms. The molecule has 1 aromatic carbocycles. The zero-order chi connectivity index (χ0) is 13.9. The molecule has 0 radical (unpaired) electrons. The third-order valence-electron chi connectivity index (χ3n) is 3.74. The van der Waals surface area contributed by atoms with E-state index in [9.17, 15) is 4.79 Å². The maximum Gasteiger partial charge on any atom is 0.274 e. The summed E-state index contributed by atoms with van der Waals surface area (Å²) in [5.74, 6) is -0.0207. The fourth-order valence-electron chi connectivity index (χ4n) is 2.66. The van der Waals surface area contributed by atoms with Crippen molar-refractivity contribution in [3.8, 4) is 5.69 Å². The lowest BCUT2D eigenvalue weighted by Crippen LogP contribution is -2.40. The minimum absolute atomic E-state index is 0. The van der Waals surface area contributed by atoms with E-state index < -0.39 is 0 Å². The summed E-state index contributed by atoms with van der Waals surface area (Å²) in [6.45, 7) is 1.30. The van der Waals surface area contributed by atoms with E-state index in [-0.39, 0.29) is 24.4 Å². The van der Waals surface area contributed by atoms with Gasteiger partial charge in [0.25, 0.3) is 5.91 Å². The lowest BCUT2D eigenvalue weighted by Gasteiger charge is -2.22. The third-order valence-corrected chi connectivity index (χ3v) is 3.74. The van der Waals surface area contributed by atoms with Gasteiger partial charge in [0.1, 0.15) is 0 Å². The molecule has 1 aliphatic rings. The summed E-state index contributed by atoms with van der Waals surface area (Å²) in [7, 11) is 0. The summed E-state index contributed by atoms with van der Waals surface area (Å²) in [5, 5.41) is 4.38. The van der Waals surface area contributed by atoms with Gasteiger partial charge in [-0.1, -0.05) is 18.2 Å². The molecule has 1 saturated heterocycles. The van der Waals surface area contributed by atoms with Gasteiger partial charge in [0.05, 0.1) is 5.69 Å². The number of rotatable bonds is 3. The van der Waals surface area contributed by atoms with Crippen molar-refractivity contribution in [1.82, 2.24) is 14.7 Å². The van der Waals surface area contributed by atoms with Gasteiger partial charge in [-0.15, -0.1) is 12.4 Å². The SMILES string of the molecule is Cl.NCC1CCCN1C(=O)c1ccn(-c2ccccc2)n1. The second-order valence-corrected chi connectivity index (χ2v) is 5.01. The molecule has 6 heteroatoms. The Bertz CT molecular complexity index is 599. The first-order chi connectivity index (χ1) is 9.79. The Kier molecular flexibility index (Phi) is 4.98. The minimum atomic E-state index is -0.0207. The number of amides is 1. The summed E-state index contributed by atoms with van der Waals surface area (Å²) in [6, 6.07) is 11.7. The van der Waals surface area contributed by atoms with Crippen molar-refractivity contribution in [3.63, 3.8) is 0 Å². The van der Waals surface area contributed by atoms with Gasteiger partial charge in [0, 0.05) is 25.3 Å². The average Bonchev–Trinajstić information content (AvgIpc) is 3.16. The number of aromatic nitrogens is 2. The van der Waals surface area contributed by atoms with E-state index in [1.54, 1.807) is 10.7 Å². The van der Waals surface area contributed by atoms with E-state index in [1.165, 1.54) is 0 Å². The van der Waals surface area contributed by atoms with Crippen LogP contribution in [-0.2, 0) is 0 Å². The summed E-state index contributed by atoms with van der Waals surface area (Å²) >= 11 is 0. The molecule has 1 amide bonds. The van der Waals surface area contributed by atoms with Gasteiger partial charge in [0.2, 0.25) is 0 Å². The molecule has 2 N–H and O–H groups in total. The van der Waals surface area contributed by atoms with Gasteiger partial charge in [-0.25, -0.2) is 4.68 Å². The smallest absolute Gasteiger partial charge is 0.274 e. The van der Waals surface area contributed by atoms with Gasteiger partial charge >= 0.3 is 0 Å². The van der Waals surface area contributed by atoms with Crippen LogP contribution in [0, 0.1) is 0 Å². The second-order valence-electron chi connectivity index (χ2n) is 5.01. The number of halogens is 1. The quantitative estimate of drug-likeness (QED) is 0.941. The maximum absolute atomic E-state index is 12.5. The zero-order valence-corrected chi connectivity index (χ0v) is 12.5. The van der Waals surface area contributed by atoms with Crippen LogP contribution in [0.1, 0.15) is 23.3 Å². The molecular formula is C15H19ClN4O. The molecule has 3 rings (SSSR count). The fraction of sp³-hybridized carbons (Fsp3) is 0.333. The molecule has 0 saturated carbocycles. The molecule has 5 nitrogen and oxygen atoms in total. The van der Waals surface area contributed by atoms with E-state index in [2.05, 4.69) is 5.10 Å². The highest BCUT2D eigenvalue weighted by molar-refractivity contribution is 5.92. The van der Waals surface area contributed by atoms with E-state index in [1.807, 2.05) is 41.4 Å². The number of para-hydroxylation sites is 1. The molecule has 1 unspecified atom stereocenters. The van der Waals surface area contributed by atoms with E-state index in [0.29, 0.717) is 12.2 Å². The Hall–Kier alpha value is -1.85. The van der Waals surface area contributed by atoms with Crippen LogP contribution in [0.4, 0.5) is 0 Å². The van der Waals surface area contributed by atoms with Crippen LogP contribution in [0.2, 0.25) is 0 Å². The normalized spacial score (nSPS) is 17.6. The molecule has 0 aliphatic carbocycles. The molecular weight excluding hydrogens is 288 g/mol. The molecule has 1 aliphatic heterocycles. The largest absolute Gasteiger partial charge is 0.333 e. The first-order valence-corrected chi connectivity index (χ1v) is 6.92. The average molecular weight is 307 g/mol. The topological polar surface area (TPSA) is 64.2 Å². The fourth-order valence-corrected chi connectivity index (χ4v) is 2.66. The van der Waals surface area contributed by atoms with Gasteiger partial charge in [0.15, 0.2) is 5.69 Å². The highest BCUT2D eigenvalue weighted by Crippen LogP contribution is 2.19. The molecule has 1 fully saturated rings. The minimum Gasteiger partial charge on any atom is -0.333 e. The monoisotopic (exact) mass is 306 g/mol. The van der Waals surface area contributed by atoms with Crippen molar-refractivity contribution in [2.45, 2.75) is 18.9 Å². The second kappa shape index (κ2) is 6.74. The van der Waals surface area contributed by atoms with Crippen LogP contribution in [0.15, 0.2) is 42.6 Å². The van der Waals surface area contributed by atoms with Crippen molar-refractivity contribution in [2.24, 2.45) is 5.73 Å². The first-order valence-electron chi connectivity index (χ1n) is 6.92. The summed E-state index contributed by atoms with van der Waals surface area (Å²) < 4.78 is 1.72. The Balaban J connectivity index is 0.00000161. The van der Waals surface area contributed by atoms with Crippen LogP contribution in [-0.4, -0.2) is 39.7 Å². The zero-order valence-electron chi connectivity index (χ0n) is 11.7. The number of hydrogen-bond donors (Lipinski definition) is 1. The number of hydrogen-bond acceptors (Lipinski definition) is 3. The molecule has 0 bridgehead atoms. The number of carbonyl (C=O) groups is 1. The number of nitrogens with two attached hydrogens (primary N) is 1. The van der Waals surface area contributed by atoms with E-state index in [4.69, 9.17) is 5.73 Å². The van der Waals surface area contributed by atoms with Gasteiger partial charge in [-0.2, -0.15) is 5.10 Å². The van der Waals surface area contributed by atoms with Crippen molar-refractivity contribution in [2.75, 3.05) is 13.1 Å². The standard InChI is InChI=1S/C15H18N4O.ClH/c16-11-13-7-4-9-18(13)15(20)14-8-10-19(17-14)12-5-2-1-3-6-12;/h1-3,5-6,8,10,13H,4,7,9,11,16H2;1H. The van der Waals surface area contributed by atoms with Gasteiger partial charge in [-0.05, 0) is 31.0 Å². The van der Waals surface area contributed by atoms with E-state index in [0.717, 1.165) is 25.1 Å². The van der Waals surface area contributed by atoms with Crippen LogP contribution in [0.5, 0.6) is 0 Å². The van der Waals surface area contributed by atoms with Crippen LogP contribution in [0.3, 0.4) is 0 Å². The van der Waals surface area contributed by atoms with Crippen LogP contribution >= 0.6 is 12.4 Å². The Morgan fingerprint density at radius 3 is 2.76 bits per heavy atom. The van der Waals surface area contributed by atoms with Crippen molar-refractivity contribution < 1.29 is 4.79 Å².